The lowest BCUT2D eigenvalue weighted by Crippen LogP contribution is -2.47. The predicted octanol–water partition coefficient (Wildman–Crippen LogP) is 5.35. The molecule has 0 saturated carbocycles. The molecule has 0 radical (unpaired) electrons. The van der Waals surface area contributed by atoms with E-state index in [1.165, 1.54) is 11.3 Å². The van der Waals surface area contributed by atoms with Crippen LogP contribution in [0.15, 0.2) is 30.3 Å². The van der Waals surface area contributed by atoms with Gasteiger partial charge in [-0.3, -0.25) is 0 Å². The van der Waals surface area contributed by atoms with Crippen molar-refractivity contribution in [3.05, 3.63) is 50.7 Å². The maximum Gasteiger partial charge on any atom is 0.410 e. The van der Waals surface area contributed by atoms with Gasteiger partial charge in [-0.05, 0) is 70.2 Å². The number of hydrogen-bond acceptors (Lipinski definition) is 5. The number of amides is 1. The van der Waals surface area contributed by atoms with Gasteiger partial charge in [-0.2, -0.15) is 0 Å². The van der Waals surface area contributed by atoms with Crippen LogP contribution in [-0.4, -0.2) is 46.5 Å². The zero-order chi connectivity index (χ0) is 21.9. The Labute approximate surface area is 187 Å². The Morgan fingerprint density at radius 3 is 2.50 bits per heavy atom. The van der Waals surface area contributed by atoms with Crippen LogP contribution >= 0.6 is 22.9 Å². The number of nitrogens with zero attached hydrogens (tertiary/aromatic N) is 1. The second kappa shape index (κ2) is 9.16. The topological polar surface area (TPSA) is 70.0 Å². The van der Waals surface area contributed by atoms with Crippen LogP contribution in [0.2, 0.25) is 4.34 Å². The van der Waals surface area contributed by atoms with Crippen molar-refractivity contribution in [2.24, 2.45) is 0 Å². The summed E-state index contributed by atoms with van der Waals surface area (Å²) in [4.78, 5) is 15.4. The van der Waals surface area contributed by atoms with Crippen molar-refractivity contribution in [1.29, 1.82) is 0 Å². The number of carbonyl (C=O) groups excluding carboxylic acids is 1. The smallest absolute Gasteiger partial charge is 0.410 e. The molecule has 5 nitrogen and oxygen atoms in total. The van der Waals surface area contributed by atoms with Gasteiger partial charge in [0.25, 0.3) is 0 Å². The van der Waals surface area contributed by atoms with Crippen LogP contribution in [0.3, 0.4) is 0 Å². The number of aliphatic hydroxyl groups is 1. The highest BCUT2D eigenvalue weighted by molar-refractivity contribution is 7.16. The minimum absolute atomic E-state index is 0.132. The van der Waals surface area contributed by atoms with Gasteiger partial charge in [-0.25, -0.2) is 4.79 Å². The molecule has 164 valence electrons. The van der Waals surface area contributed by atoms with Crippen LogP contribution in [0.5, 0.6) is 5.75 Å². The molecule has 30 heavy (non-hydrogen) atoms. The second-order valence-electron chi connectivity index (χ2n) is 8.83. The quantitative estimate of drug-likeness (QED) is 0.642. The van der Waals surface area contributed by atoms with Gasteiger partial charge in [0, 0.05) is 35.6 Å². The molecule has 1 aromatic carbocycles. The largest absolute Gasteiger partial charge is 0.508 e. The van der Waals surface area contributed by atoms with E-state index in [2.05, 4.69) is 0 Å². The molecule has 0 unspecified atom stereocenters. The third-order valence-electron chi connectivity index (χ3n) is 5.51. The molecule has 2 aromatic rings. The summed E-state index contributed by atoms with van der Waals surface area (Å²) in [5.41, 5.74) is 0.982. The molecule has 7 heteroatoms. The molecule has 3 rings (SSSR count). The van der Waals surface area contributed by atoms with E-state index in [0.717, 1.165) is 22.4 Å². The summed E-state index contributed by atoms with van der Waals surface area (Å²) in [6.45, 7) is 6.79. The van der Waals surface area contributed by atoms with Crippen molar-refractivity contribution >= 4 is 29.0 Å². The molecule has 2 heterocycles. The monoisotopic (exact) mass is 451 g/mol. The molecule has 0 aliphatic carbocycles. The van der Waals surface area contributed by atoms with Crippen molar-refractivity contribution in [2.45, 2.75) is 57.5 Å². The fourth-order valence-electron chi connectivity index (χ4n) is 4.02. The van der Waals surface area contributed by atoms with Gasteiger partial charge in [0.05, 0.1) is 4.34 Å². The predicted molar refractivity (Wildman–Crippen MR) is 121 cm³/mol. The number of aryl methyl sites for hydroxylation is 1. The number of rotatable bonds is 5. The SMILES string of the molecule is CC(C)(C)OC(=O)N1CCC(c2ccc(Cl)s2)(c2cc(CCCO)ccc2O)CC1. The molecular formula is C23H30ClNO4S. The molecule has 1 fully saturated rings. The number of ether oxygens (including phenoxy) is 1. The highest BCUT2D eigenvalue weighted by Crippen LogP contribution is 2.48. The van der Waals surface area contributed by atoms with E-state index in [9.17, 15) is 15.0 Å². The van der Waals surface area contributed by atoms with Gasteiger partial charge in [0.2, 0.25) is 0 Å². The number of benzene rings is 1. The maximum absolute atomic E-state index is 12.6. The molecule has 0 bridgehead atoms. The van der Waals surface area contributed by atoms with Gasteiger partial charge in [-0.15, -0.1) is 11.3 Å². The van der Waals surface area contributed by atoms with E-state index in [1.54, 1.807) is 11.0 Å². The summed E-state index contributed by atoms with van der Waals surface area (Å²) in [5, 5.41) is 20.0. The average Bonchev–Trinajstić information content (AvgIpc) is 3.13. The highest BCUT2D eigenvalue weighted by Gasteiger charge is 2.42. The van der Waals surface area contributed by atoms with Gasteiger partial charge in [-0.1, -0.05) is 23.7 Å². The van der Waals surface area contributed by atoms with E-state index in [4.69, 9.17) is 16.3 Å². The summed E-state index contributed by atoms with van der Waals surface area (Å²) in [7, 11) is 0. The fourth-order valence-corrected chi connectivity index (χ4v) is 5.33. The Balaban J connectivity index is 1.93. The van der Waals surface area contributed by atoms with Crippen LogP contribution in [0, 0.1) is 0 Å². The van der Waals surface area contributed by atoms with Gasteiger partial charge in [0.1, 0.15) is 11.4 Å². The summed E-state index contributed by atoms with van der Waals surface area (Å²) in [6.07, 6.45) is 2.45. The Morgan fingerprint density at radius 1 is 1.23 bits per heavy atom. The van der Waals surface area contributed by atoms with Crippen molar-refractivity contribution < 1.29 is 19.7 Å². The summed E-state index contributed by atoms with van der Waals surface area (Å²) < 4.78 is 6.25. The number of phenolic OH excluding ortho intramolecular Hbond substituents is 1. The highest BCUT2D eigenvalue weighted by atomic mass is 35.5. The molecule has 1 aliphatic rings. The van der Waals surface area contributed by atoms with Gasteiger partial charge in [0.15, 0.2) is 0 Å². The van der Waals surface area contributed by atoms with Gasteiger partial charge >= 0.3 is 6.09 Å². The lowest BCUT2D eigenvalue weighted by molar-refractivity contribution is 0.0180. The lowest BCUT2D eigenvalue weighted by atomic mass is 9.71. The number of phenols is 1. The van der Waals surface area contributed by atoms with Gasteiger partial charge < -0.3 is 19.8 Å². The number of likely N-dealkylation sites (tertiary alicyclic amines) is 1. The Kier molecular flexibility index (Phi) is 7.00. The standard InChI is InChI=1S/C23H30ClNO4S/c1-22(2,3)29-21(28)25-12-10-23(11-13-25,19-8-9-20(24)30-19)17-15-16(5-4-14-26)6-7-18(17)27/h6-9,15,26-27H,4-5,10-14H2,1-3H3. The molecule has 1 aliphatic heterocycles. The van der Waals surface area contributed by atoms with Crippen LogP contribution < -0.4 is 0 Å². The van der Waals surface area contributed by atoms with Crippen LogP contribution in [0.1, 0.15) is 56.0 Å². The van der Waals surface area contributed by atoms with E-state index >= 15 is 0 Å². The minimum Gasteiger partial charge on any atom is -0.508 e. The Bertz CT molecular complexity index is 882. The van der Waals surface area contributed by atoms with E-state index in [1.807, 2.05) is 45.0 Å². The van der Waals surface area contributed by atoms with E-state index in [-0.39, 0.29) is 18.4 Å². The molecule has 0 atom stereocenters. The first-order chi connectivity index (χ1) is 14.1. The van der Waals surface area contributed by atoms with Crippen LogP contribution in [0.25, 0.3) is 0 Å². The first-order valence-corrected chi connectivity index (χ1v) is 11.5. The number of halogens is 1. The lowest BCUT2D eigenvalue weighted by Gasteiger charge is -2.42. The van der Waals surface area contributed by atoms with Crippen LogP contribution in [0.4, 0.5) is 4.79 Å². The molecule has 0 spiro atoms. The van der Waals surface area contributed by atoms with E-state index < -0.39 is 11.0 Å². The molecule has 2 N–H and O–H groups in total. The van der Waals surface area contributed by atoms with Crippen molar-refractivity contribution in [3.8, 4) is 5.75 Å². The second-order valence-corrected chi connectivity index (χ2v) is 10.5. The summed E-state index contributed by atoms with van der Waals surface area (Å²) in [6, 6.07) is 9.59. The molecular weight excluding hydrogens is 422 g/mol. The zero-order valence-electron chi connectivity index (χ0n) is 17.8. The third-order valence-corrected chi connectivity index (χ3v) is 6.95. The number of thiophene rings is 1. The number of aromatic hydroxyl groups is 1. The van der Waals surface area contributed by atoms with Crippen LogP contribution in [-0.2, 0) is 16.6 Å². The zero-order valence-corrected chi connectivity index (χ0v) is 19.4. The number of hydrogen-bond donors (Lipinski definition) is 2. The summed E-state index contributed by atoms with van der Waals surface area (Å²) >= 11 is 7.78. The normalized spacial score (nSPS) is 16.5. The molecule has 1 amide bonds. The Morgan fingerprint density at radius 2 is 1.93 bits per heavy atom. The maximum atomic E-state index is 12.6. The minimum atomic E-state index is -0.536. The Hall–Kier alpha value is -1.76. The summed E-state index contributed by atoms with van der Waals surface area (Å²) in [5.74, 6) is 0.248. The number of aliphatic hydroxyl groups excluding tert-OH is 1. The first-order valence-electron chi connectivity index (χ1n) is 10.3. The van der Waals surface area contributed by atoms with Crippen molar-refractivity contribution in [1.82, 2.24) is 4.90 Å². The first kappa shape index (κ1) is 22.9. The van der Waals surface area contributed by atoms with E-state index in [0.29, 0.717) is 36.7 Å². The third kappa shape index (κ3) is 5.10. The number of carbonyl (C=O) groups is 1. The molecule has 1 aromatic heterocycles. The van der Waals surface area contributed by atoms with Crippen molar-refractivity contribution in [2.75, 3.05) is 19.7 Å². The van der Waals surface area contributed by atoms with Crippen molar-refractivity contribution in [3.63, 3.8) is 0 Å². The molecule has 1 saturated heterocycles. The average molecular weight is 452 g/mol. The number of piperidine rings is 1. The fraction of sp³-hybridized carbons (Fsp3) is 0.522.